The zero-order chi connectivity index (χ0) is 20.7. The van der Waals surface area contributed by atoms with Crippen LogP contribution < -0.4 is 9.47 Å². The van der Waals surface area contributed by atoms with Gasteiger partial charge in [-0.25, -0.2) is 4.79 Å². The summed E-state index contributed by atoms with van der Waals surface area (Å²) in [6.45, 7) is 3.92. The van der Waals surface area contributed by atoms with Crippen LogP contribution >= 0.6 is 0 Å². The van der Waals surface area contributed by atoms with E-state index in [0.717, 1.165) is 5.57 Å². The van der Waals surface area contributed by atoms with E-state index in [1.54, 1.807) is 43.7 Å². The average molecular weight is 383 g/mol. The summed E-state index contributed by atoms with van der Waals surface area (Å²) in [5.41, 5.74) is 2.81. The second kappa shape index (κ2) is 9.60. The smallest absolute Gasteiger partial charge is 0.342 e. The van der Waals surface area contributed by atoms with Crippen molar-refractivity contribution >= 4 is 18.1 Å². The molecule has 0 aliphatic heterocycles. The standard InChI is InChI=1S/C22H25NO5/c1-14(2)6-9-18-19(27-4)12-15(20(21(18)24)22(25)28-5)7-8-16-13-17(26-3)10-11-23-16/h6-8,10-13,24H,9H2,1-5H3/b8-7+. The molecule has 6 heteroatoms. The molecule has 0 saturated carbocycles. The van der Waals surface area contributed by atoms with Crippen LogP contribution in [-0.4, -0.2) is 37.4 Å². The number of hydrogen-bond donors (Lipinski definition) is 1. The molecule has 0 aliphatic carbocycles. The minimum Gasteiger partial charge on any atom is -0.507 e. The van der Waals surface area contributed by atoms with Crippen molar-refractivity contribution < 1.29 is 24.1 Å². The lowest BCUT2D eigenvalue weighted by molar-refractivity contribution is 0.0597. The molecule has 0 fully saturated rings. The number of benzene rings is 1. The van der Waals surface area contributed by atoms with Crippen LogP contribution in [0, 0.1) is 0 Å². The third-order valence-electron chi connectivity index (χ3n) is 4.14. The van der Waals surface area contributed by atoms with Crippen molar-refractivity contribution in [2.45, 2.75) is 20.3 Å². The molecule has 0 spiro atoms. The quantitative estimate of drug-likeness (QED) is 0.568. The largest absolute Gasteiger partial charge is 0.507 e. The van der Waals surface area contributed by atoms with Gasteiger partial charge in [0, 0.05) is 17.8 Å². The highest BCUT2D eigenvalue weighted by Gasteiger charge is 2.22. The van der Waals surface area contributed by atoms with E-state index in [1.807, 2.05) is 19.9 Å². The number of esters is 1. The average Bonchev–Trinajstić information content (AvgIpc) is 2.70. The molecule has 148 valence electrons. The van der Waals surface area contributed by atoms with E-state index in [1.165, 1.54) is 14.2 Å². The molecule has 2 aromatic rings. The number of nitrogens with zero attached hydrogens (tertiary/aromatic N) is 1. The number of ether oxygens (including phenoxy) is 3. The molecular weight excluding hydrogens is 358 g/mol. The lowest BCUT2D eigenvalue weighted by Gasteiger charge is -2.15. The number of pyridine rings is 1. The minimum atomic E-state index is -0.628. The molecule has 1 aromatic carbocycles. The van der Waals surface area contributed by atoms with Gasteiger partial charge in [-0.3, -0.25) is 4.98 Å². The van der Waals surface area contributed by atoms with Crippen molar-refractivity contribution in [3.8, 4) is 17.2 Å². The van der Waals surface area contributed by atoms with Crippen LogP contribution in [0.4, 0.5) is 0 Å². The fourth-order valence-electron chi connectivity index (χ4n) is 2.66. The normalized spacial score (nSPS) is 10.6. The van der Waals surface area contributed by atoms with Gasteiger partial charge in [-0.15, -0.1) is 0 Å². The molecule has 0 radical (unpaired) electrons. The first-order valence-corrected chi connectivity index (χ1v) is 8.73. The highest BCUT2D eigenvalue weighted by molar-refractivity contribution is 5.98. The predicted octanol–water partition coefficient (Wildman–Crippen LogP) is 4.27. The van der Waals surface area contributed by atoms with Crippen LogP contribution in [0.5, 0.6) is 17.2 Å². The van der Waals surface area contributed by atoms with Crippen LogP contribution in [0.3, 0.4) is 0 Å². The molecule has 0 saturated heterocycles. The van der Waals surface area contributed by atoms with Crippen LogP contribution in [-0.2, 0) is 11.2 Å². The summed E-state index contributed by atoms with van der Waals surface area (Å²) in [6.07, 6.45) is 7.41. The Kier molecular flexibility index (Phi) is 7.21. The van der Waals surface area contributed by atoms with Crippen molar-refractivity contribution in [2.75, 3.05) is 21.3 Å². The van der Waals surface area contributed by atoms with E-state index in [9.17, 15) is 9.90 Å². The molecule has 1 N–H and O–H groups in total. The van der Waals surface area contributed by atoms with Crippen LogP contribution in [0.2, 0.25) is 0 Å². The van der Waals surface area contributed by atoms with Gasteiger partial charge in [0.25, 0.3) is 0 Å². The van der Waals surface area contributed by atoms with E-state index in [-0.39, 0.29) is 11.3 Å². The maximum absolute atomic E-state index is 12.3. The summed E-state index contributed by atoms with van der Waals surface area (Å²) in [7, 11) is 4.38. The Labute approximate surface area is 165 Å². The van der Waals surface area contributed by atoms with Gasteiger partial charge >= 0.3 is 5.97 Å². The second-order valence-electron chi connectivity index (χ2n) is 6.30. The third kappa shape index (κ3) is 4.91. The summed E-state index contributed by atoms with van der Waals surface area (Å²) in [4.78, 5) is 16.6. The molecule has 2 rings (SSSR count). The number of aromatic nitrogens is 1. The summed E-state index contributed by atoms with van der Waals surface area (Å²) < 4.78 is 15.5. The first-order chi connectivity index (χ1) is 13.4. The van der Waals surface area contributed by atoms with Crippen LogP contribution in [0.15, 0.2) is 36.0 Å². The number of aromatic hydroxyl groups is 1. The zero-order valence-corrected chi connectivity index (χ0v) is 16.8. The Bertz CT molecular complexity index is 911. The summed E-state index contributed by atoms with van der Waals surface area (Å²) >= 11 is 0. The summed E-state index contributed by atoms with van der Waals surface area (Å²) in [6, 6.07) is 5.20. The maximum Gasteiger partial charge on any atom is 0.342 e. The third-order valence-corrected chi connectivity index (χ3v) is 4.14. The molecule has 0 amide bonds. The molecule has 0 atom stereocenters. The Balaban J connectivity index is 2.58. The highest BCUT2D eigenvalue weighted by Crippen LogP contribution is 2.36. The number of phenolic OH excluding ortho intramolecular Hbond substituents is 1. The maximum atomic E-state index is 12.3. The monoisotopic (exact) mass is 383 g/mol. The minimum absolute atomic E-state index is 0.0830. The molecule has 0 aliphatic rings. The van der Waals surface area contributed by atoms with Gasteiger partial charge in [0.1, 0.15) is 22.8 Å². The number of hydrogen-bond acceptors (Lipinski definition) is 6. The van der Waals surface area contributed by atoms with Crippen molar-refractivity contribution in [3.63, 3.8) is 0 Å². The predicted molar refractivity (Wildman–Crippen MR) is 109 cm³/mol. The van der Waals surface area contributed by atoms with E-state index in [0.29, 0.717) is 34.7 Å². The number of allylic oxidation sites excluding steroid dienone is 2. The van der Waals surface area contributed by atoms with Crippen molar-refractivity contribution in [3.05, 3.63) is 58.4 Å². The fraction of sp³-hybridized carbons (Fsp3) is 0.273. The van der Waals surface area contributed by atoms with Gasteiger partial charge in [0.15, 0.2) is 0 Å². The van der Waals surface area contributed by atoms with Gasteiger partial charge in [-0.2, -0.15) is 0 Å². The SMILES string of the molecule is COC(=O)c1c(/C=C/c2cc(OC)ccn2)cc(OC)c(CC=C(C)C)c1O. The number of rotatable bonds is 7. The zero-order valence-electron chi connectivity index (χ0n) is 16.8. The van der Waals surface area contributed by atoms with Crippen LogP contribution in [0.1, 0.15) is 41.0 Å². The topological polar surface area (TPSA) is 77.9 Å². The number of methoxy groups -OCH3 is 3. The number of carbonyl (C=O) groups excluding carboxylic acids is 1. The van der Waals surface area contributed by atoms with E-state index >= 15 is 0 Å². The van der Waals surface area contributed by atoms with Gasteiger partial charge in [-0.1, -0.05) is 17.7 Å². The Hall–Kier alpha value is -3.28. The molecule has 6 nitrogen and oxygen atoms in total. The number of phenols is 1. The van der Waals surface area contributed by atoms with E-state index in [4.69, 9.17) is 14.2 Å². The Morgan fingerprint density at radius 2 is 1.89 bits per heavy atom. The van der Waals surface area contributed by atoms with E-state index < -0.39 is 5.97 Å². The van der Waals surface area contributed by atoms with E-state index in [2.05, 4.69) is 4.98 Å². The fourth-order valence-corrected chi connectivity index (χ4v) is 2.66. The molecule has 0 unspecified atom stereocenters. The highest BCUT2D eigenvalue weighted by atomic mass is 16.5. The number of carbonyl (C=O) groups is 1. The molecular formula is C22H25NO5. The van der Waals surface area contributed by atoms with Crippen molar-refractivity contribution in [1.29, 1.82) is 0 Å². The van der Waals surface area contributed by atoms with Crippen molar-refractivity contribution in [1.82, 2.24) is 4.98 Å². The van der Waals surface area contributed by atoms with Gasteiger partial charge in [0.2, 0.25) is 0 Å². The summed E-state index contributed by atoms with van der Waals surface area (Å²) in [5.74, 6) is 0.375. The van der Waals surface area contributed by atoms with Gasteiger partial charge in [0.05, 0.1) is 27.0 Å². The van der Waals surface area contributed by atoms with Crippen LogP contribution in [0.25, 0.3) is 12.2 Å². The van der Waals surface area contributed by atoms with Gasteiger partial charge in [-0.05, 0) is 44.0 Å². The lowest BCUT2D eigenvalue weighted by Crippen LogP contribution is -2.07. The molecule has 1 aromatic heterocycles. The Morgan fingerprint density at radius 3 is 2.50 bits per heavy atom. The first-order valence-electron chi connectivity index (χ1n) is 8.73. The molecule has 0 bridgehead atoms. The van der Waals surface area contributed by atoms with Crippen molar-refractivity contribution in [2.24, 2.45) is 0 Å². The molecule has 1 heterocycles. The summed E-state index contributed by atoms with van der Waals surface area (Å²) in [5, 5.41) is 10.8. The molecule has 28 heavy (non-hydrogen) atoms. The first kappa shape index (κ1) is 21.0. The Morgan fingerprint density at radius 1 is 1.14 bits per heavy atom. The lowest BCUT2D eigenvalue weighted by atomic mass is 9.97. The second-order valence-corrected chi connectivity index (χ2v) is 6.30. The van der Waals surface area contributed by atoms with Gasteiger partial charge < -0.3 is 19.3 Å².